The van der Waals surface area contributed by atoms with E-state index < -0.39 is 18.0 Å². The first-order chi connectivity index (χ1) is 8.04. The van der Waals surface area contributed by atoms with Crippen LogP contribution in [0.25, 0.3) is 0 Å². The van der Waals surface area contributed by atoms with Gasteiger partial charge >= 0.3 is 12.0 Å². The first-order valence-corrected chi connectivity index (χ1v) is 4.73. The van der Waals surface area contributed by atoms with E-state index in [1.807, 2.05) is 0 Å². The molecule has 1 unspecified atom stereocenters. The molecule has 3 N–H and O–H groups in total. The normalized spacial score (nSPS) is 11.3. The molecule has 1 aromatic rings. The molecule has 0 radical (unpaired) electrons. The largest absolute Gasteiger partial charge is 0.479 e. The van der Waals surface area contributed by atoms with Gasteiger partial charge in [0.05, 0.1) is 12.7 Å². The van der Waals surface area contributed by atoms with Crippen LogP contribution in [-0.4, -0.2) is 33.4 Å². The van der Waals surface area contributed by atoms with Crippen LogP contribution in [0.2, 0.25) is 0 Å². The summed E-state index contributed by atoms with van der Waals surface area (Å²) >= 11 is 0. The number of aromatic nitrogens is 2. The summed E-state index contributed by atoms with van der Waals surface area (Å²) in [6, 6.07) is -1.79. The molecule has 0 aliphatic rings. The Labute approximate surface area is 97.8 Å². The molecule has 0 saturated carbocycles. The van der Waals surface area contributed by atoms with Crippen molar-refractivity contribution >= 4 is 12.0 Å². The van der Waals surface area contributed by atoms with Crippen LogP contribution in [0.3, 0.4) is 0 Å². The summed E-state index contributed by atoms with van der Waals surface area (Å²) in [4.78, 5) is 22.3. The molecule has 1 atom stereocenters. The average Bonchev–Trinajstić information content (AvgIpc) is 2.69. The van der Waals surface area contributed by atoms with Crippen LogP contribution >= 0.6 is 0 Å². The van der Waals surface area contributed by atoms with Crippen LogP contribution in [0.15, 0.2) is 12.4 Å². The van der Waals surface area contributed by atoms with Crippen LogP contribution < -0.4 is 10.6 Å². The summed E-state index contributed by atoms with van der Waals surface area (Å²) in [6.45, 7) is 0.0329. The number of urea groups is 1. The molecule has 0 aliphatic heterocycles. The Bertz CT molecular complexity index is 460. The minimum absolute atomic E-state index is 0.0329. The molecule has 1 aromatic heterocycles. The second-order valence-electron chi connectivity index (χ2n) is 3.25. The SMILES string of the molecule is C#CCNC(=O)NC(C(=O)O)c1cnn(C)c1. The third-order valence-corrected chi connectivity index (χ3v) is 1.93. The van der Waals surface area contributed by atoms with E-state index in [0.717, 1.165) is 0 Å². The number of carboxylic acids is 1. The van der Waals surface area contributed by atoms with Gasteiger partial charge in [-0.25, -0.2) is 9.59 Å². The van der Waals surface area contributed by atoms with Crippen LogP contribution in [0, 0.1) is 12.3 Å². The highest BCUT2D eigenvalue weighted by Gasteiger charge is 2.23. The summed E-state index contributed by atoms with van der Waals surface area (Å²) in [7, 11) is 1.65. The lowest BCUT2D eigenvalue weighted by Crippen LogP contribution is -2.40. The zero-order valence-electron chi connectivity index (χ0n) is 9.17. The molecule has 1 rings (SSSR count). The second kappa shape index (κ2) is 5.55. The van der Waals surface area contributed by atoms with Gasteiger partial charge in [0.2, 0.25) is 0 Å². The van der Waals surface area contributed by atoms with Gasteiger partial charge in [0.1, 0.15) is 0 Å². The molecule has 7 heteroatoms. The number of nitrogens with one attached hydrogen (secondary N) is 2. The van der Waals surface area contributed by atoms with E-state index in [1.165, 1.54) is 17.1 Å². The average molecular weight is 236 g/mol. The van der Waals surface area contributed by atoms with Crippen molar-refractivity contribution in [3.8, 4) is 12.3 Å². The molecule has 2 amide bonds. The highest BCUT2D eigenvalue weighted by atomic mass is 16.4. The Kier molecular flexibility index (Phi) is 4.11. The summed E-state index contributed by atoms with van der Waals surface area (Å²) in [6.07, 6.45) is 7.85. The summed E-state index contributed by atoms with van der Waals surface area (Å²) in [5.74, 6) is 1.04. The Morgan fingerprint density at radius 2 is 2.41 bits per heavy atom. The van der Waals surface area contributed by atoms with Gasteiger partial charge < -0.3 is 15.7 Å². The smallest absolute Gasteiger partial charge is 0.331 e. The maximum atomic E-state index is 11.3. The number of hydrogen-bond donors (Lipinski definition) is 3. The second-order valence-corrected chi connectivity index (χ2v) is 3.25. The van der Waals surface area contributed by atoms with Crippen LogP contribution in [-0.2, 0) is 11.8 Å². The molecular weight excluding hydrogens is 224 g/mol. The number of terminal acetylenes is 1. The van der Waals surface area contributed by atoms with Crippen molar-refractivity contribution in [1.82, 2.24) is 20.4 Å². The van der Waals surface area contributed by atoms with Crippen LogP contribution in [0.5, 0.6) is 0 Å². The third-order valence-electron chi connectivity index (χ3n) is 1.93. The number of rotatable bonds is 4. The van der Waals surface area contributed by atoms with Crippen molar-refractivity contribution in [2.45, 2.75) is 6.04 Å². The van der Waals surface area contributed by atoms with Crippen molar-refractivity contribution in [2.75, 3.05) is 6.54 Å². The number of hydrogen-bond acceptors (Lipinski definition) is 3. The van der Waals surface area contributed by atoms with Gasteiger partial charge in [-0.3, -0.25) is 4.68 Å². The molecule has 0 fully saturated rings. The fourth-order valence-electron chi connectivity index (χ4n) is 1.19. The summed E-state index contributed by atoms with van der Waals surface area (Å²) < 4.78 is 1.45. The van der Waals surface area contributed by atoms with Crippen LogP contribution in [0.1, 0.15) is 11.6 Å². The van der Waals surface area contributed by atoms with Gasteiger partial charge in [-0.1, -0.05) is 5.92 Å². The Balaban J connectivity index is 2.71. The number of aliphatic carboxylic acids is 1. The number of carbonyl (C=O) groups excluding carboxylic acids is 1. The van der Waals surface area contributed by atoms with Gasteiger partial charge in [0.25, 0.3) is 0 Å². The fourth-order valence-corrected chi connectivity index (χ4v) is 1.19. The van der Waals surface area contributed by atoms with E-state index in [1.54, 1.807) is 7.05 Å². The minimum atomic E-state index is -1.17. The van der Waals surface area contributed by atoms with Crippen LogP contribution in [0.4, 0.5) is 4.79 Å². The lowest BCUT2D eigenvalue weighted by molar-refractivity contribution is -0.139. The van der Waals surface area contributed by atoms with Gasteiger partial charge in [0.15, 0.2) is 6.04 Å². The monoisotopic (exact) mass is 236 g/mol. The topological polar surface area (TPSA) is 96.2 Å². The summed E-state index contributed by atoms with van der Waals surface area (Å²) in [5.41, 5.74) is 0.385. The Hall–Kier alpha value is -2.49. The highest BCUT2D eigenvalue weighted by Crippen LogP contribution is 2.11. The maximum absolute atomic E-state index is 11.3. The van der Waals surface area contributed by atoms with Gasteiger partial charge in [-0.05, 0) is 0 Å². The Morgan fingerprint density at radius 1 is 1.71 bits per heavy atom. The summed E-state index contributed by atoms with van der Waals surface area (Å²) in [5, 5.41) is 17.4. The van der Waals surface area contributed by atoms with Gasteiger partial charge in [-0.15, -0.1) is 6.42 Å². The van der Waals surface area contributed by atoms with Gasteiger partial charge in [0, 0.05) is 18.8 Å². The molecule has 7 nitrogen and oxygen atoms in total. The number of carboxylic acid groups (broad SMARTS) is 1. The number of nitrogens with zero attached hydrogens (tertiary/aromatic N) is 2. The Morgan fingerprint density at radius 3 is 2.88 bits per heavy atom. The van der Waals surface area contributed by atoms with E-state index in [4.69, 9.17) is 11.5 Å². The predicted molar refractivity (Wildman–Crippen MR) is 59.0 cm³/mol. The molecule has 0 saturated heterocycles. The van der Waals surface area contributed by atoms with E-state index in [-0.39, 0.29) is 6.54 Å². The zero-order chi connectivity index (χ0) is 12.8. The van der Waals surface area contributed by atoms with E-state index >= 15 is 0 Å². The van der Waals surface area contributed by atoms with Crippen molar-refractivity contribution < 1.29 is 14.7 Å². The zero-order valence-corrected chi connectivity index (χ0v) is 9.17. The third kappa shape index (κ3) is 3.53. The molecule has 0 spiro atoms. The van der Waals surface area contributed by atoms with Crippen molar-refractivity contribution in [1.29, 1.82) is 0 Å². The number of amides is 2. The van der Waals surface area contributed by atoms with E-state index in [0.29, 0.717) is 5.56 Å². The standard InChI is InChI=1S/C10H12N4O3/c1-3-4-11-10(17)13-8(9(15)16)7-5-12-14(2)6-7/h1,5-6,8H,4H2,2H3,(H,15,16)(H2,11,13,17). The maximum Gasteiger partial charge on any atom is 0.331 e. The molecular formula is C10H12N4O3. The number of aryl methyl sites for hydroxylation is 1. The number of carbonyl (C=O) groups is 2. The fraction of sp³-hybridized carbons (Fsp3) is 0.300. The lowest BCUT2D eigenvalue weighted by Gasteiger charge is -2.12. The molecule has 1 heterocycles. The van der Waals surface area contributed by atoms with Gasteiger partial charge in [-0.2, -0.15) is 5.10 Å². The molecule has 0 aliphatic carbocycles. The molecule has 0 aromatic carbocycles. The van der Waals surface area contributed by atoms with Crippen molar-refractivity contribution in [3.63, 3.8) is 0 Å². The molecule has 0 bridgehead atoms. The lowest BCUT2D eigenvalue weighted by atomic mass is 10.1. The molecule has 17 heavy (non-hydrogen) atoms. The minimum Gasteiger partial charge on any atom is -0.479 e. The van der Waals surface area contributed by atoms with Crippen molar-refractivity contribution in [3.05, 3.63) is 18.0 Å². The quantitative estimate of drug-likeness (QED) is 0.613. The molecule has 90 valence electrons. The van der Waals surface area contributed by atoms with E-state index in [9.17, 15) is 9.59 Å². The first kappa shape index (κ1) is 12.6. The van der Waals surface area contributed by atoms with Crippen molar-refractivity contribution in [2.24, 2.45) is 7.05 Å². The van der Waals surface area contributed by atoms with E-state index in [2.05, 4.69) is 21.7 Å². The predicted octanol–water partition coefficient (Wildman–Crippen LogP) is -0.522. The first-order valence-electron chi connectivity index (χ1n) is 4.73. The highest BCUT2D eigenvalue weighted by molar-refractivity contribution is 5.83.